The third kappa shape index (κ3) is 1.82. The lowest BCUT2D eigenvalue weighted by Gasteiger charge is -2.01. The van der Waals surface area contributed by atoms with E-state index in [0.717, 1.165) is 17.7 Å². The molecule has 0 radical (unpaired) electrons. The number of rotatable bonds is 3. The molecule has 0 aliphatic rings. The Balaban J connectivity index is 2.03. The summed E-state index contributed by atoms with van der Waals surface area (Å²) in [6.07, 6.45) is 2.78. The van der Waals surface area contributed by atoms with Gasteiger partial charge in [0.1, 0.15) is 5.69 Å². The van der Waals surface area contributed by atoms with Gasteiger partial charge in [0.25, 0.3) is 5.89 Å². The average Bonchev–Trinajstić information content (AvgIpc) is 3.09. The predicted octanol–water partition coefficient (Wildman–Crippen LogP) is 3.29. The van der Waals surface area contributed by atoms with Gasteiger partial charge in [-0.05, 0) is 24.1 Å². The van der Waals surface area contributed by atoms with Crippen LogP contribution in [0, 0.1) is 0 Å². The van der Waals surface area contributed by atoms with Crippen molar-refractivity contribution in [3.05, 3.63) is 48.2 Å². The second-order valence-corrected chi connectivity index (χ2v) is 4.02. The van der Waals surface area contributed by atoms with Crippen LogP contribution in [0.1, 0.15) is 12.5 Å². The molecule has 0 unspecified atom stereocenters. The summed E-state index contributed by atoms with van der Waals surface area (Å²) in [5, 5.41) is 4.04. The number of benzene rings is 1. The fraction of sp³-hybridized carbons (Fsp3) is 0.143. The van der Waals surface area contributed by atoms with Gasteiger partial charge in [0.15, 0.2) is 0 Å². The molecule has 2 aromatic heterocycles. The van der Waals surface area contributed by atoms with E-state index in [2.05, 4.69) is 28.1 Å². The maximum Gasteiger partial charge on any atom is 0.274 e. The number of aryl methyl sites for hydroxylation is 1. The van der Waals surface area contributed by atoms with E-state index >= 15 is 0 Å². The molecular weight excluding hydrogens is 226 g/mol. The van der Waals surface area contributed by atoms with E-state index < -0.39 is 0 Å². The number of hydrogen-bond acceptors (Lipinski definition) is 3. The molecule has 1 aromatic carbocycles. The average molecular weight is 239 g/mol. The predicted molar refractivity (Wildman–Crippen MR) is 68.9 cm³/mol. The van der Waals surface area contributed by atoms with Crippen LogP contribution in [0.2, 0.25) is 0 Å². The molecular formula is C14H13N3O. The summed E-state index contributed by atoms with van der Waals surface area (Å²) in [5.41, 5.74) is 3.08. The Morgan fingerprint density at radius 3 is 2.83 bits per heavy atom. The fourth-order valence-electron chi connectivity index (χ4n) is 1.95. The fourth-order valence-corrected chi connectivity index (χ4v) is 1.95. The molecule has 0 saturated carbocycles. The minimum atomic E-state index is 0.515. The van der Waals surface area contributed by atoms with E-state index in [4.69, 9.17) is 4.52 Å². The largest absolute Gasteiger partial charge is 0.357 e. The van der Waals surface area contributed by atoms with E-state index in [1.54, 1.807) is 0 Å². The Morgan fingerprint density at radius 2 is 2.06 bits per heavy atom. The van der Waals surface area contributed by atoms with E-state index in [1.807, 2.05) is 36.5 Å². The van der Waals surface area contributed by atoms with Crippen LogP contribution in [-0.4, -0.2) is 15.1 Å². The first-order valence-corrected chi connectivity index (χ1v) is 5.94. The van der Waals surface area contributed by atoms with Gasteiger partial charge in [0, 0.05) is 11.8 Å². The first kappa shape index (κ1) is 10.8. The van der Waals surface area contributed by atoms with Gasteiger partial charge in [-0.3, -0.25) is 0 Å². The molecule has 0 fully saturated rings. The molecule has 18 heavy (non-hydrogen) atoms. The maximum atomic E-state index is 5.27. The first-order chi connectivity index (χ1) is 8.88. The van der Waals surface area contributed by atoms with Crippen LogP contribution in [-0.2, 0) is 6.42 Å². The van der Waals surface area contributed by atoms with Gasteiger partial charge in [-0.1, -0.05) is 36.3 Å². The molecule has 90 valence electrons. The summed E-state index contributed by atoms with van der Waals surface area (Å²) in [6, 6.07) is 11.9. The molecule has 0 aliphatic carbocycles. The molecule has 0 bridgehead atoms. The highest BCUT2D eigenvalue weighted by molar-refractivity contribution is 5.61. The number of H-pyrrole nitrogens is 1. The summed E-state index contributed by atoms with van der Waals surface area (Å²) < 4.78 is 5.27. The first-order valence-electron chi connectivity index (χ1n) is 5.94. The lowest BCUT2D eigenvalue weighted by molar-refractivity contribution is 0.431. The van der Waals surface area contributed by atoms with Crippen molar-refractivity contribution in [2.24, 2.45) is 0 Å². The molecule has 0 aliphatic heterocycles. The van der Waals surface area contributed by atoms with Crippen LogP contribution in [0.3, 0.4) is 0 Å². The summed E-state index contributed by atoms with van der Waals surface area (Å²) in [5.74, 6) is 1.15. The zero-order valence-electron chi connectivity index (χ0n) is 10.1. The van der Waals surface area contributed by atoms with Gasteiger partial charge in [-0.25, -0.2) is 0 Å². The SMILES string of the molecule is CCc1ccccc1-c1noc(-c2ccc[nH]2)n1. The van der Waals surface area contributed by atoms with Crippen molar-refractivity contribution in [3.63, 3.8) is 0 Å². The Hall–Kier alpha value is -2.36. The molecule has 0 spiro atoms. The van der Waals surface area contributed by atoms with Gasteiger partial charge in [0.05, 0.1) is 0 Å². The van der Waals surface area contributed by atoms with E-state index in [9.17, 15) is 0 Å². The standard InChI is InChI=1S/C14H13N3O/c1-2-10-6-3-4-7-11(10)13-16-14(18-17-13)12-8-5-9-15-12/h3-9,15H,2H2,1H3. The summed E-state index contributed by atoms with van der Waals surface area (Å²) in [7, 11) is 0. The summed E-state index contributed by atoms with van der Waals surface area (Å²) in [4.78, 5) is 7.47. The van der Waals surface area contributed by atoms with E-state index in [1.165, 1.54) is 5.56 Å². The van der Waals surface area contributed by atoms with Gasteiger partial charge in [-0.2, -0.15) is 4.98 Å². The van der Waals surface area contributed by atoms with E-state index in [0.29, 0.717) is 11.7 Å². The summed E-state index contributed by atoms with van der Waals surface area (Å²) >= 11 is 0. The zero-order chi connectivity index (χ0) is 12.4. The summed E-state index contributed by atoms with van der Waals surface area (Å²) in [6.45, 7) is 2.12. The van der Waals surface area contributed by atoms with Gasteiger partial charge in [0.2, 0.25) is 5.82 Å². The molecule has 0 amide bonds. The molecule has 4 nitrogen and oxygen atoms in total. The lowest BCUT2D eigenvalue weighted by atomic mass is 10.1. The molecule has 0 atom stereocenters. The Kier molecular flexibility index (Phi) is 2.68. The normalized spacial score (nSPS) is 10.7. The third-order valence-corrected chi connectivity index (χ3v) is 2.89. The monoisotopic (exact) mass is 239 g/mol. The van der Waals surface area contributed by atoms with Crippen LogP contribution >= 0.6 is 0 Å². The lowest BCUT2D eigenvalue weighted by Crippen LogP contribution is -1.88. The smallest absolute Gasteiger partial charge is 0.274 e. The quantitative estimate of drug-likeness (QED) is 0.763. The molecule has 3 rings (SSSR count). The van der Waals surface area contributed by atoms with Crippen molar-refractivity contribution >= 4 is 0 Å². The highest BCUT2D eigenvalue weighted by atomic mass is 16.5. The number of nitrogens with one attached hydrogen (secondary N) is 1. The van der Waals surface area contributed by atoms with Crippen molar-refractivity contribution in [3.8, 4) is 23.0 Å². The Bertz CT molecular complexity index is 641. The van der Waals surface area contributed by atoms with Crippen LogP contribution < -0.4 is 0 Å². The highest BCUT2D eigenvalue weighted by Gasteiger charge is 2.12. The van der Waals surface area contributed by atoms with Crippen LogP contribution in [0.4, 0.5) is 0 Å². The van der Waals surface area contributed by atoms with Gasteiger partial charge < -0.3 is 9.51 Å². The van der Waals surface area contributed by atoms with Crippen molar-refractivity contribution in [2.75, 3.05) is 0 Å². The molecule has 2 heterocycles. The Morgan fingerprint density at radius 1 is 1.17 bits per heavy atom. The minimum absolute atomic E-state index is 0.515. The van der Waals surface area contributed by atoms with Crippen LogP contribution in [0.25, 0.3) is 23.0 Å². The van der Waals surface area contributed by atoms with Crippen molar-refractivity contribution in [2.45, 2.75) is 13.3 Å². The number of hydrogen-bond donors (Lipinski definition) is 1. The zero-order valence-corrected chi connectivity index (χ0v) is 10.1. The van der Waals surface area contributed by atoms with Crippen molar-refractivity contribution < 1.29 is 4.52 Å². The highest BCUT2D eigenvalue weighted by Crippen LogP contribution is 2.24. The second-order valence-electron chi connectivity index (χ2n) is 4.02. The van der Waals surface area contributed by atoms with Crippen molar-refractivity contribution in [1.82, 2.24) is 15.1 Å². The number of nitrogens with zero attached hydrogens (tertiary/aromatic N) is 2. The van der Waals surface area contributed by atoms with Crippen LogP contribution in [0.15, 0.2) is 47.1 Å². The maximum absolute atomic E-state index is 5.27. The Labute approximate surface area is 105 Å². The molecule has 3 aromatic rings. The minimum Gasteiger partial charge on any atom is -0.357 e. The molecule has 0 saturated heterocycles. The van der Waals surface area contributed by atoms with Gasteiger partial charge >= 0.3 is 0 Å². The van der Waals surface area contributed by atoms with E-state index in [-0.39, 0.29) is 0 Å². The second kappa shape index (κ2) is 4.49. The van der Waals surface area contributed by atoms with Gasteiger partial charge in [-0.15, -0.1) is 0 Å². The topological polar surface area (TPSA) is 54.7 Å². The molecule has 1 N–H and O–H groups in total. The number of aromatic amines is 1. The number of aromatic nitrogens is 3. The molecule has 4 heteroatoms. The van der Waals surface area contributed by atoms with Crippen molar-refractivity contribution in [1.29, 1.82) is 0 Å². The van der Waals surface area contributed by atoms with Crippen LogP contribution in [0.5, 0.6) is 0 Å². The third-order valence-electron chi connectivity index (χ3n) is 2.89.